The first-order chi connectivity index (χ1) is 15.2. The van der Waals surface area contributed by atoms with Crippen molar-refractivity contribution in [1.82, 2.24) is 0 Å². The van der Waals surface area contributed by atoms with Crippen LogP contribution in [0, 0.1) is 0 Å². The Morgan fingerprint density at radius 2 is 1.61 bits per heavy atom. The molecule has 5 nitrogen and oxygen atoms in total. The largest absolute Gasteiger partial charge is 0.482 e. The lowest BCUT2D eigenvalue weighted by atomic mass is 10.2. The Bertz CT molecular complexity index is 987. The molecule has 0 radical (unpaired) electrons. The smallest absolute Gasteiger partial charge is 0.262 e. The molecule has 0 atom stereocenters. The van der Waals surface area contributed by atoms with Crippen molar-refractivity contribution in [1.29, 1.82) is 0 Å². The van der Waals surface area contributed by atoms with Gasteiger partial charge < -0.3 is 19.9 Å². The molecule has 0 aliphatic carbocycles. The summed E-state index contributed by atoms with van der Waals surface area (Å²) in [7, 11) is 0. The number of para-hydroxylation sites is 1. The van der Waals surface area contributed by atoms with Crippen LogP contribution in [0.4, 0.5) is 11.4 Å². The van der Waals surface area contributed by atoms with Crippen molar-refractivity contribution in [2.45, 2.75) is 6.54 Å². The van der Waals surface area contributed by atoms with Crippen LogP contribution in [-0.2, 0) is 11.3 Å². The summed E-state index contributed by atoms with van der Waals surface area (Å²) in [6, 6.07) is 25.8. The van der Waals surface area contributed by atoms with E-state index in [4.69, 9.17) is 16.3 Å². The second kappa shape index (κ2) is 10.3. The summed E-state index contributed by atoms with van der Waals surface area (Å²) in [5, 5.41) is 3.36. The minimum absolute atomic E-state index is 0.0857. The average Bonchev–Trinajstić information content (AvgIpc) is 2.80. The Balaban J connectivity index is 1.24. The van der Waals surface area contributed by atoms with E-state index in [1.54, 1.807) is 17.0 Å². The SMILES string of the molecule is O=C(COc1ccccc1Cl)Nc1ccc(N2CC[NH+](Cc3ccccc3)CC2)cc1. The fourth-order valence-electron chi connectivity index (χ4n) is 3.80. The number of carbonyl (C=O) groups is 1. The van der Waals surface area contributed by atoms with E-state index in [2.05, 4.69) is 52.7 Å². The van der Waals surface area contributed by atoms with Gasteiger partial charge in [0.15, 0.2) is 6.61 Å². The van der Waals surface area contributed by atoms with Gasteiger partial charge in [-0.2, -0.15) is 0 Å². The number of carbonyl (C=O) groups excluding carboxylic acids is 1. The molecular formula is C25H27ClN3O2+. The Morgan fingerprint density at radius 1 is 0.935 bits per heavy atom. The molecule has 2 N–H and O–H groups in total. The van der Waals surface area contributed by atoms with Crippen LogP contribution in [0.5, 0.6) is 5.75 Å². The molecule has 0 saturated carbocycles. The molecule has 6 heteroatoms. The van der Waals surface area contributed by atoms with Crippen molar-refractivity contribution in [3.63, 3.8) is 0 Å². The predicted octanol–water partition coefficient (Wildman–Crippen LogP) is 3.26. The maximum absolute atomic E-state index is 12.2. The molecule has 3 aromatic rings. The summed E-state index contributed by atoms with van der Waals surface area (Å²) in [4.78, 5) is 16.2. The van der Waals surface area contributed by atoms with Crippen LogP contribution in [0.1, 0.15) is 5.56 Å². The molecule has 1 heterocycles. The summed E-state index contributed by atoms with van der Waals surface area (Å²) in [5.41, 5.74) is 3.33. The maximum Gasteiger partial charge on any atom is 0.262 e. The molecule has 0 aromatic heterocycles. The normalized spacial score (nSPS) is 14.3. The van der Waals surface area contributed by atoms with Gasteiger partial charge in [-0.1, -0.05) is 54.1 Å². The first-order valence-corrected chi connectivity index (χ1v) is 10.9. The van der Waals surface area contributed by atoms with Gasteiger partial charge in [0.25, 0.3) is 5.91 Å². The number of piperazine rings is 1. The van der Waals surface area contributed by atoms with Crippen LogP contribution in [0.15, 0.2) is 78.9 Å². The molecule has 1 amide bonds. The summed E-state index contributed by atoms with van der Waals surface area (Å²) >= 11 is 6.05. The molecule has 4 rings (SSSR count). The minimum Gasteiger partial charge on any atom is -0.482 e. The number of rotatable bonds is 7. The Kier molecular flexibility index (Phi) is 7.07. The maximum atomic E-state index is 12.2. The van der Waals surface area contributed by atoms with Crippen molar-refractivity contribution in [3.8, 4) is 5.75 Å². The van der Waals surface area contributed by atoms with E-state index < -0.39 is 0 Å². The van der Waals surface area contributed by atoms with Crippen LogP contribution in [0.25, 0.3) is 0 Å². The van der Waals surface area contributed by atoms with E-state index in [-0.39, 0.29) is 12.5 Å². The van der Waals surface area contributed by atoms with Crippen molar-refractivity contribution in [2.75, 3.05) is 43.0 Å². The van der Waals surface area contributed by atoms with Crippen molar-refractivity contribution < 1.29 is 14.4 Å². The van der Waals surface area contributed by atoms with Gasteiger partial charge in [0.1, 0.15) is 12.3 Å². The van der Waals surface area contributed by atoms with Gasteiger partial charge in [-0.25, -0.2) is 0 Å². The fraction of sp³-hybridized carbons (Fsp3) is 0.240. The zero-order chi connectivity index (χ0) is 21.5. The van der Waals surface area contributed by atoms with Crippen LogP contribution in [-0.4, -0.2) is 38.7 Å². The number of quaternary nitrogens is 1. The van der Waals surface area contributed by atoms with Gasteiger partial charge in [0.05, 0.1) is 31.2 Å². The van der Waals surface area contributed by atoms with E-state index in [0.29, 0.717) is 10.8 Å². The molecule has 1 fully saturated rings. The zero-order valence-electron chi connectivity index (χ0n) is 17.4. The highest BCUT2D eigenvalue weighted by molar-refractivity contribution is 6.32. The molecule has 160 valence electrons. The van der Waals surface area contributed by atoms with Crippen molar-refractivity contribution in [3.05, 3.63) is 89.4 Å². The number of nitrogens with one attached hydrogen (secondary N) is 2. The highest BCUT2D eigenvalue weighted by atomic mass is 35.5. The standard InChI is InChI=1S/C25H26ClN3O2/c26-23-8-4-5-9-24(23)31-19-25(30)27-21-10-12-22(13-11-21)29-16-14-28(15-17-29)18-20-6-2-1-3-7-20/h1-13H,14-19H2,(H,27,30)/p+1. The van der Waals surface area contributed by atoms with E-state index in [1.165, 1.54) is 11.3 Å². The van der Waals surface area contributed by atoms with E-state index in [9.17, 15) is 4.79 Å². The second-order valence-corrected chi connectivity index (χ2v) is 8.12. The van der Waals surface area contributed by atoms with Crippen LogP contribution < -0.4 is 19.9 Å². The Hall–Kier alpha value is -3.02. The van der Waals surface area contributed by atoms with E-state index >= 15 is 0 Å². The number of hydrogen-bond donors (Lipinski definition) is 2. The number of anilines is 2. The first-order valence-electron chi connectivity index (χ1n) is 10.6. The van der Waals surface area contributed by atoms with E-state index in [1.807, 2.05) is 24.3 Å². The number of ether oxygens (including phenoxy) is 1. The molecule has 1 aliphatic heterocycles. The van der Waals surface area contributed by atoms with Crippen LogP contribution in [0.2, 0.25) is 5.02 Å². The van der Waals surface area contributed by atoms with Gasteiger partial charge in [0, 0.05) is 16.9 Å². The third-order valence-electron chi connectivity index (χ3n) is 5.48. The molecule has 0 bridgehead atoms. The number of amides is 1. The third-order valence-corrected chi connectivity index (χ3v) is 5.79. The summed E-state index contributed by atoms with van der Waals surface area (Å²) in [6.45, 7) is 5.28. The fourth-order valence-corrected chi connectivity index (χ4v) is 3.99. The summed E-state index contributed by atoms with van der Waals surface area (Å²) in [5.74, 6) is 0.286. The zero-order valence-corrected chi connectivity index (χ0v) is 18.1. The van der Waals surface area contributed by atoms with Gasteiger partial charge >= 0.3 is 0 Å². The van der Waals surface area contributed by atoms with Crippen LogP contribution in [0.3, 0.4) is 0 Å². The van der Waals surface area contributed by atoms with Gasteiger partial charge in [-0.15, -0.1) is 0 Å². The van der Waals surface area contributed by atoms with Gasteiger partial charge in [-0.05, 0) is 36.4 Å². The molecule has 1 aliphatic rings. The quantitative estimate of drug-likeness (QED) is 0.597. The third kappa shape index (κ3) is 6.00. The Morgan fingerprint density at radius 3 is 2.32 bits per heavy atom. The lowest BCUT2D eigenvalue weighted by molar-refractivity contribution is -0.914. The number of benzene rings is 3. The number of halogens is 1. The molecule has 31 heavy (non-hydrogen) atoms. The highest BCUT2D eigenvalue weighted by Crippen LogP contribution is 2.23. The second-order valence-electron chi connectivity index (χ2n) is 7.71. The van der Waals surface area contributed by atoms with E-state index in [0.717, 1.165) is 38.4 Å². The van der Waals surface area contributed by atoms with Crippen molar-refractivity contribution >= 4 is 28.9 Å². The lowest BCUT2D eigenvalue weighted by Gasteiger charge is -2.33. The number of nitrogens with zero attached hydrogens (tertiary/aromatic N) is 1. The number of hydrogen-bond acceptors (Lipinski definition) is 3. The minimum atomic E-state index is -0.217. The monoisotopic (exact) mass is 436 g/mol. The van der Waals surface area contributed by atoms with Crippen LogP contribution >= 0.6 is 11.6 Å². The highest BCUT2D eigenvalue weighted by Gasteiger charge is 2.20. The van der Waals surface area contributed by atoms with Gasteiger partial charge in [0.2, 0.25) is 0 Å². The molecule has 0 spiro atoms. The van der Waals surface area contributed by atoms with Crippen molar-refractivity contribution in [2.24, 2.45) is 0 Å². The molecular weight excluding hydrogens is 410 g/mol. The molecule has 3 aromatic carbocycles. The van der Waals surface area contributed by atoms with Gasteiger partial charge in [-0.3, -0.25) is 4.79 Å². The average molecular weight is 437 g/mol. The summed E-state index contributed by atoms with van der Waals surface area (Å²) < 4.78 is 5.49. The summed E-state index contributed by atoms with van der Waals surface area (Å²) in [6.07, 6.45) is 0. The predicted molar refractivity (Wildman–Crippen MR) is 125 cm³/mol. The Labute approximate surface area is 188 Å². The lowest BCUT2D eigenvalue weighted by Crippen LogP contribution is -3.13. The first kappa shape index (κ1) is 21.2. The molecule has 1 saturated heterocycles. The molecule has 0 unspecified atom stereocenters. The topological polar surface area (TPSA) is 46.0 Å².